The molecule has 0 atom stereocenters. The molecule has 0 aromatic carbocycles. The van der Waals surface area contributed by atoms with Gasteiger partial charge in [0.05, 0.1) is 17.9 Å². The lowest BCUT2D eigenvalue weighted by atomic mass is 9.66. The molecule has 2 aliphatic carbocycles. The number of carbonyl (C=O) groups excluding carboxylic acids is 1. The number of rotatable bonds is 9. The first-order valence-electron chi connectivity index (χ1n) is 10.7. The zero-order valence-corrected chi connectivity index (χ0v) is 18.3. The first kappa shape index (κ1) is 20.9. The van der Waals surface area contributed by atoms with Crippen molar-refractivity contribution in [3.63, 3.8) is 0 Å². The Hall–Kier alpha value is -2.98. The van der Waals surface area contributed by atoms with Gasteiger partial charge in [0.2, 0.25) is 6.41 Å². The molecule has 0 bridgehead atoms. The Bertz CT molecular complexity index is 1110. The number of carbonyl (C=O) groups is 1. The number of pyridine rings is 1. The molecule has 3 N–H and O–H groups in total. The van der Waals surface area contributed by atoms with Crippen molar-refractivity contribution in [2.45, 2.75) is 49.7 Å². The van der Waals surface area contributed by atoms with Gasteiger partial charge in [-0.2, -0.15) is 0 Å². The van der Waals surface area contributed by atoms with Gasteiger partial charge >= 0.3 is 0 Å². The number of halogens is 1. The second-order valence-electron chi connectivity index (χ2n) is 8.59. The third kappa shape index (κ3) is 3.95. The van der Waals surface area contributed by atoms with Crippen LogP contribution >= 0.6 is 11.3 Å². The van der Waals surface area contributed by atoms with Gasteiger partial charge in [0, 0.05) is 29.2 Å². The molecule has 2 aliphatic rings. The first-order valence-corrected chi connectivity index (χ1v) is 11.5. The summed E-state index contributed by atoms with van der Waals surface area (Å²) < 4.78 is 14.3. The van der Waals surface area contributed by atoms with Gasteiger partial charge in [0.15, 0.2) is 0 Å². The zero-order chi connectivity index (χ0) is 22.2. The molecular weight excluding hydrogens is 429 g/mol. The van der Waals surface area contributed by atoms with Gasteiger partial charge in [-0.1, -0.05) is 6.42 Å². The fourth-order valence-electron chi connectivity index (χ4n) is 4.06. The number of aromatic nitrogens is 4. The topological polar surface area (TPSA) is 110 Å². The summed E-state index contributed by atoms with van der Waals surface area (Å²) in [6.07, 6.45) is 8.68. The molecule has 0 saturated heterocycles. The molecule has 3 heterocycles. The van der Waals surface area contributed by atoms with E-state index in [0.717, 1.165) is 48.4 Å². The van der Waals surface area contributed by atoms with E-state index in [0.29, 0.717) is 30.3 Å². The Kier molecular flexibility index (Phi) is 5.34. The van der Waals surface area contributed by atoms with Crippen molar-refractivity contribution in [1.29, 1.82) is 0 Å². The molecule has 32 heavy (non-hydrogen) atoms. The quantitative estimate of drug-likeness (QED) is 0.378. The molecular formula is C22H24FN7OS. The lowest BCUT2D eigenvalue weighted by Gasteiger charge is -2.41. The van der Waals surface area contributed by atoms with E-state index >= 15 is 0 Å². The Morgan fingerprint density at radius 1 is 1.19 bits per heavy atom. The van der Waals surface area contributed by atoms with Crippen LogP contribution in [0.2, 0.25) is 0 Å². The van der Waals surface area contributed by atoms with E-state index in [1.54, 1.807) is 23.4 Å². The van der Waals surface area contributed by atoms with Crippen molar-refractivity contribution < 1.29 is 9.18 Å². The molecule has 2 saturated carbocycles. The lowest BCUT2D eigenvalue weighted by molar-refractivity contribution is -0.121. The van der Waals surface area contributed by atoms with E-state index < -0.39 is 5.66 Å². The predicted octanol–water partition coefficient (Wildman–Crippen LogP) is 3.08. The fraction of sp³-hybridized carbons (Fsp3) is 0.409. The molecule has 8 nitrogen and oxygen atoms in total. The smallest absolute Gasteiger partial charge is 0.211 e. The van der Waals surface area contributed by atoms with Gasteiger partial charge in [-0.3, -0.25) is 9.78 Å². The monoisotopic (exact) mass is 453 g/mol. The molecule has 10 heteroatoms. The number of nitrogens with two attached hydrogens (primary N) is 1. The Morgan fingerprint density at radius 3 is 2.66 bits per heavy atom. The third-order valence-corrected chi connectivity index (χ3v) is 7.41. The highest BCUT2D eigenvalue weighted by Gasteiger charge is 2.44. The maximum absolute atomic E-state index is 14.3. The summed E-state index contributed by atoms with van der Waals surface area (Å²) in [5, 5.41) is 12.6. The number of thiazole rings is 1. The van der Waals surface area contributed by atoms with Crippen molar-refractivity contribution in [2.24, 2.45) is 5.73 Å². The average Bonchev–Trinajstić information content (AvgIpc) is 3.35. The lowest BCUT2D eigenvalue weighted by Crippen LogP contribution is -2.42. The van der Waals surface area contributed by atoms with Crippen molar-refractivity contribution in [3.8, 4) is 10.7 Å². The standard InChI is InChI=1S/C22H24FN7OS/c23-16-3-1-10-25-19(16)21(6-2-7-21)13-27-18-5-4-17(28-29-18)20-26-11-15(32-20)12-30(14-31)22(24)8-9-22/h1,3-5,10-11,14H,2,6-9,12-13,24H2,(H,27,29). The van der Waals surface area contributed by atoms with Crippen molar-refractivity contribution in [2.75, 3.05) is 11.9 Å². The molecule has 3 aromatic rings. The minimum absolute atomic E-state index is 0.259. The summed E-state index contributed by atoms with van der Waals surface area (Å²) in [6, 6.07) is 6.78. The number of amides is 1. The van der Waals surface area contributed by atoms with Gasteiger partial charge in [0.1, 0.15) is 22.3 Å². The predicted molar refractivity (Wildman–Crippen MR) is 119 cm³/mol. The van der Waals surface area contributed by atoms with E-state index in [2.05, 4.69) is 25.5 Å². The highest BCUT2D eigenvalue weighted by molar-refractivity contribution is 7.15. The van der Waals surface area contributed by atoms with Crippen LogP contribution in [0.25, 0.3) is 10.7 Å². The molecule has 3 aromatic heterocycles. The van der Waals surface area contributed by atoms with Crippen molar-refractivity contribution >= 4 is 23.6 Å². The SMILES string of the molecule is NC1(N(C=O)Cc2cnc(-c3ccc(NCC4(c5ncccc5F)CCC4)nn3)s2)CC1. The highest BCUT2D eigenvalue weighted by atomic mass is 32.1. The molecule has 0 aliphatic heterocycles. The summed E-state index contributed by atoms with van der Waals surface area (Å²) in [4.78, 5) is 22.6. The number of hydrogen-bond acceptors (Lipinski definition) is 8. The summed E-state index contributed by atoms with van der Waals surface area (Å²) in [5.74, 6) is 0.365. The van der Waals surface area contributed by atoms with Gasteiger partial charge in [-0.15, -0.1) is 21.5 Å². The molecule has 0 unspecified atom stereocenters. The van der Waals surface area contributed by atoms with E-state index in [1.807, 2.05) is 12.1 Å². The van der Waals surface area contributed by atoms with Crippen LogP contribution in [0.5, 0.6) is 0 Å². The summed E-state index contributed by atoms with van der Waals surface area (Å²) in [5.41, 5.74) is 6.50. The second-order valence-corrected chi connectivity index (χ2v) is 9.71. The van der Waals surface area contributed by atoms with Crippen LogP contribution in [0.15, 0.2) is 36.7 Å². The van der Waals surface area contributed by atoms with Crippen LogP contribution in [0.3, 0.4) is 0 Å². The van der Waals surface area contributed by atoms with Crippen LogP contribution in [0.1, 0.15) is 42.7 Å². The van der Waals surface area contributed by atoms with Gasteiger partial charge in [-0.05, 0) is 49.9 Å². The highest BCUT2D eigenvalue weighted by Crippen LogP contribution is 2.43. The van der Waals surface area contributed by atoms with E-state index in [9.17, 15) is 9.18 Å². The van der Waals surface area contributed by atoms with Crippen LogP contribution < -0.4 is 11.1 Å². The molecule has 5 rings (SSSR count). The fourth-order valence-corrected chi connectivity index (χ4v) is 4.94. The number of hydrogen-bond donors (Lipinski definition) is 2. The molecule has 2 fully saturated rings. The Labute approximate surface area is 189 Å². The maximum atomic E-state index is 14.3. The Balaban J connectivity index is 1.24. The Morgan fingerprint density at radius 2 is 2.03 bits per heavy atom. The van der Waals surface area contributed by atoms with Crippen molar-refractivity contribution in [3.05, 3.63) is 53.0 Å². The van der Waals surface area contributed by atoms with Crippen LogP contribution in [-0.4, -0.2) is 43.7 Å². The van der Waals surface area contributed by atoms with E-state index in [1.165, 1.54) is 17.4 Å². The van der Waals surface area contributed by atoms with E-state index in [4.69, 9.17) is 5.73 Å². The summed E-state index contributed by atoms with van der Waals surface area (Å²) >= 11 is 1.47. The van der Waals surface area contributed by atoms with Gasteiger partial charge < -0.3 is 16.0 Å². The third-order valence-electron chi connectivity index (χ3n) is 6.40. The summed E-state index contributed by atoms with van der Waals surface area (Å²) in [6.45, 7) is 0.996. The molecule has 0 radical (unpaired) electrons. The number of nitrogens with one attached hydrogen (secondary N) is 1. The van der Waals surface area contributed by atoms with Gasteiger partial charge in [-0.25, -0.2) is 9.37 Å². The van der Waals surface area contributed by atoms with Crippen molar-refractivity contribution in [1.82, 2.24) is 25.1 Å². The maximum Gasteiger partial charge on any atom is 0.211 e. The number of anilines is 1. The minimum Gasteiger partial charge on any atom is -0.368 e. The zero-order valence-electron chi connectivity index (χ0n) is 17.5. The second kappa shape index (κ2) is 8.18. The van der Waals surface area contributed by atoms with Crippen LogP contribution in [0, 0.1) is 5.82 Å². The van der Waals surface area contributed by atoms with Crippen LogP contribution in [0.4, 0.5) is 10.2 Å². The van der Waals surface area contributed by atoms with E-state index in [-0.39, 0.29) is 11.2 Å². The molecule has 0 spiro atoms. The summed E-state index contributed by atoms with van der Waals surface area (Å²) in [7, 11) is 0. The largest absolute Gasteiger partial charge is 0.368 e. The minimum atomic E-state index is -0.505. The average molecular weight is 454 g/mol. The molecule has 166 valence electrons. The molecule has 1 amide bonds. The van der Waals surface area contributed by atoms with Gasteiger partial charge in [0.25, 0.3) is 0 Å². The first-order chi connectivity index (χ1) is 15.5. The normalized spacial score (nSPS) is 17.9. The van der Waals surface area contributed by atoms with Crippen LogP contribution in [-0.2, 0) is 16.8 Å². The number of nitrogens with zero attached hydrogens (tertiary/aromatic N) is 5.